The van der Waals surface area contributed by atoms with E-state index in [4.69, 9.17) is 28.4 Å². The van der Waals surface area contributed by atoms with Crippen molar-refractivity contribution in [3.8, 4) is 0 Å². The first-order valence-corrected chi connectivity index (χ1v) is 47.0. The van der Waals surface area contributed by atoms with Gasteiger partial charge in [-0.2, -0.15) is 0 Å². The molecule has 19 heteroatoms. The van der Waals surface area contributed by atoms with E-state index in [9.17, 15) is 61.0 Å². The molecule has 113 heavy (non-hydrogen) atoms. The van der Waals surface area contributed by atoms with Crippen molar-refractivity contribution >= 4 is 5.91 Å². The lowest BCUT2D eigenvalue weighted by atomic mass is 9.96. The Morgan fingerprint density at radius 3 is 0.956 bits per heavy atom. The van der Waals surface area contributed by atoms with Crippen molar-refractivity contribution < 1.29 is 89.4 Å². The summed E-state index contributed by atoms with van der Waals surface area (Å²) >= 11 is 0. The van der Waals surface area contributed by atoms with E-state index in [0.717, 1.165) is 70.6 Å². The van der Waals surface area contributed by atoms with Gasteiger partial charge in [-0.15, -0.1) is 0 Å². The number of hydrogen-bond acceptors (Lipinski definition) is 18. The molecule has 19 nitrogen and oxygen atoms in total. The lowest BCUT2D eigenvalue weighted by Gasteiger charge is -2.48. The molecule has 3 saturated heterocycles. The first-order chi connectivity index (χ1) is 55.3. The van der Waals surface area contributed by atoms with Crippen LogP contribution in [0.2, 0.25) is 0 Å². The molecule has 3 heterocycles. The monoisotopic (exact) mass is 1600 g/mol. The zero-order valence-electron chi connectivity index (χ0n) is 71.6. The van der Waals surface area contributed by atoms with Crippen molar-refractivity contribution in [2.75, 3.05) is 26.4 Å². The normalized spacial score (nSPS) is 25.1. The largest absolute Gasteiger partial charge is 0.394 e. The minimum atomic E-state index is -1.98. The van der Waals surface area contributed by atoms with E-state index in [1.807, 2.05) is 6.08 Å². The van der Waals surface area contributed by atoms with Crippen LogP contribution in [0.3, 0.4) is 0 Å². The molecule has 17 atom stereocenters. The third-order valence-corrected chi connectivity index (χ3v) is 23.3. The van der Waals surface area contributed by atoms with Crippen LogP contribution in [-0.4, -0.2) is 193 Å². The van der Waals surface area contributed by atoms with Crippen LogP contribution >= 0.6 is 0 Å². The molecule has 0 bridgehead atoms. The van der Waals surface area contributed by atoms with E-state index < -0.39 is 124 Å². The predicted octanol–water partition coefficient (Wildman–Crippen LogP) is 18.5. The molecular formula is C94H173NO18. The fourth-order valence-corrected chi connectivity index (χ4v) is 15.9. The molecule has 0 aliphatic carbocycles. The summed E-state index contributed by atoms with van der Waals surface area (Å²) in [5.74, 6) is -0.267. The van der Waals surface area contributed by atoms with Crippen LogP contribution in [-0.2, 0) is 33.2 Å². The van der Waals surface area contributed by atoms with Gasteiger partial charge in [-0.1, -0.05) is 396 Å². The van der Waals surface area contributed by atoms with E-state index >= 15 is 0 Å². The van der Waals surface area contributed by atoms with Crippen LogP contribution < -0.4 is 5.32 Å². The molecule has 0 aromatic heterocycles. The van der Waals surface area contributed by atoms with Gasteiger partial charge in [0, 0.05) is 6.42 Å². The average molecular weight is 1610 g/mol. The average Bonchev–Trinajstić information content (AvgIpc) is 0.777. The van der Waals surface area contributed by atoms with Gasteiger partial charge in [-0.3, -0.25) is 4.79 Å². The minimum Gasteiger partial charge on any atom is -0.394 e. The Bertz CT molecular complexity index is 2270. The maximum absolute atomic E-state index is 13.5. The smallest absolute Gasteiger partial charge is 0.220 e. The van der Waals surface area contributed by atoms with Crippen molar-refractivity contribution in [3.63, 3.8) is 0 Å². The summed E-state index contributed by atoms with van der Waals surface area (Å²) < 4.78 is 34.6. The molecule has 3 aliphatic heterocycles. The summed E-state index contributed by atoms with van der Waals surface area (Å²) in [5, 5.41) is 121. The Morgan fingerprint density at radius 1 is 0.327 bits per heavy atom. The van der Waals surface area contributed by atoms with Crippen LogP contribution in [0, 0.1) is 0 Å². The second-order valence-corrected chi connectivity index (χ2v) is 33.5. The fraction of sp³-hybridized carbons (Fsp3) is 0.883. The Labute approximate surface area is 687 Å². The first kappa shape index (κ1) is 105. The van der Waals surface area contributed by atoms with E-state index in [-0.39, 0.29) is 18.9 Å². The van der Waals surface area contributed by atoms with E-state index in [1.54, 1.807) is 6.08 Å². The third kappa shape index (κ3) is 51.7. The number of rotatable bonds is 77. The number of allylic oxidation sites excluding steroid dienone is 9. The SMILES string of the molecule is CC/C=C\C/C=C\C/C=C\C/C=C\CCCCCCCCCCCCCCCCCCCCCCCCCCCCCCC(=O)NC(COC1OC(CO)C(OC2OC(CO)C(OC3OC(CO)C(O)C(O)C3O)C(O)C2O)C(O)C1O)C(O)/C=C/CCCCCCCCCCCCCCCCCCCCCCCCCCC. The molecule has 0 spiro atoms. The van der Waals surface area contributed by atoms with Crippen molar-refractivity contribution in [1.29, 1.82) is 0 Å². The highest BCUT2D eigenvalue weighted by molar-refractivity contribution is 5.76. The van der Waals surface area contributed by atoms with Gasteiger partial charge in [0.2, 0.25) is 5.91 Å². The number of amides is 1. The van der Waals surface area contributed by atoms with Gasteiger partial charge in [0.1, 0.15) is 73.2 Å². The Balaban J connectivity index is 1.29. The highest BCUT2D eigenvalue weighted by Crippen LogP contribution is 2.34. The van der Waals surface area contributed by atoms with Gasteiger partial charge in [-0.05, 0) is 57.8 Å². The Kier molecular flexibility index (Phi) is 68.0. The lowest BCUT2D eigenvalue weighted by Crippen LogP contribution is -2.66. The number of unbranched alkanes of at least 4 members (excludes halogenated alkanes) is 53. The van der Waals surface area contributed by atoms with Crippen LogP contribution in [0.25, 0.3) is 0 Å². The fourth-order valence-electron chi connectivity index (χ4n) is 15.9. The summed E-state index contributed by atoms with van der Waals surface area (Å²) in [6.07, 6.45) is 71.0. The summed E-state index contributed by atoms with van der Waals surface area (Å²) in [6.45, 7) is 1.69. The second-order valence-electron chi connectivity index (χ2n) is 33.5. The Hall–Kier alpha value is -2.51. The highest BCUT2D eigenvalue weighted by Gasteiger charge is 2.54. The maximum Gasteiger partial charge on any atom is 0.220 e. The van der Waals surface area contributed by atoms with Crippen molar-refractivity contribution in [2.45, 2.75) is 503 Å². The number of carbonyl (C=O) groups excluding carboxylic acids is 1. The molecule has 3 rings (SSSR count). The molecule has 3 aliphatic rings. The van der Waals surface area contributed by atoms with Gasteiger partial charge < -0.3 is 89.9 Å². The molecule has 0 aromatic rings. The number of hydrogen-bond donors (Lipinski definition) is 12. The lowest BCUT2D eigenvalue weighted by molar-refractivity contribution is -0.379. The molecule has 0 saturated carbocycles. The van der Waals surface area contributed by atoms with Crippen molar-refractivity contribution in [1.82, 2.24) is 5.32 Å². The number of nitrogens with one attached hydrogen (secondary N) is 1. The second kappa shape index (κ2) is 73.4. The quantitative estimate of drug-likeness (QED) is 0.0199. The molecule has 662 valence electrons. The first-order valence-electron chi connectivity index (χ1n) is 47.0. The zero-order chi connectivity index (χ0) is 81.7. The molecule has 0 radical (unpaired) electrons. The topological polar surface area (TPSA) is 307 Å². The zero-order valence-corrected chi connectivity index (χ0v) is 71.6. The summed E-state index contributed by atoms with van der Waals surface area (Å²) in [5.41, 5.74) is 0. The van der Waals surface area contributed by atoms with E-state index in [0.29, 0.717) is 6.42 Å². The summed E-state index contributed by atoms with van der Waals surface area (Å²) in [4.78, 5) is 13.5. The predicted molar refractivity (Wildman–Crippen MR) is 457 cm³/mol. The highest BCUT2D eigenvalue weighted by atomic mass is 16.8. The molecule has 12 N–H and O–H groups in total. The van der Waals surface area contributed by atoms with Gasteiger partial charge in [0.15, 0.2) is 18.9 Å². The maximum atomic E-state index is 13.5. The third-order valence-electron chi connectivity index (χ3n) is 23.3. The van der Waals surface area contributed by atoms with Gasteiger partial charge >= 0.3 is 0 Å². The van der Waals surface area contributed by atoms with Crippen LogP contribution in [0.4, 0.5) is 0 Å². The number of ether oxygens (including phenoxy) is 6. The molecule has 3 fully saturated rings. The Morgan fingerprint density at radius 2 is 0.611 bits per heavy atom. The standard InChI is InChI=1S/C94H173NO18/c1-3-5-7-9-11-13-15-17-19-21-23-25-27-29-31-32-33-34-35-36-37-38-39-40-41-42-43-44-46-48-50-52-54-56-58-60-62-64-66-68-70-72-82(100)95-77(78(99)71-69-67-65-63-61-59-57-55-53-51-49-47-45-30-28-26-24-22-20-18-16-14-12-10-8-6-4-2)76-108-92-88(106)85(103)90(80(74-97)110-92)113-94-89(107)86(104)91(81(75-98)111-94)112-93-87(105)84(102)83(101)79(73-96)109-93/h5,7,11,13,17,19,23,25,69,71,77-81,83-94,96-99,101-107H,3-4,6,8-10,12,14-16,18,20-22,24,26-68,70,72-76H2,1-2H3,(H,95,100)/b7-5-,13-11-,19-17-,25-23-,71-69+. The minimum absolute atomic E-state index is 0.247. The molecule has 1 amide bonds. The van der Waals surface area contributed by atoms with E-state index in [2.05, 4.69) is 67.8 Å². The summed E-state index contributed by atoms with van der Waals surface area (Å²) in [7, 11) is 0. The van der Waals surface area contributed by atoms with Crippen LogP contribution in [0.1, 0.15) is 399 Å². The molecule has 0 aromatic carbocycles. The van der Waals surface area contributed by atoms with Crippen molar-refractivity contribution in [2.24, 2.45) is 0 Å². The van der Waals surface area contributed by atoms with Crippen molar-refractivity contribution in [3.05, 3.63) is 60.8 Å². The van der Waals surface area contributed by atoms with Crippen LogP contribution in [0.5, 0.6) is 0 Å². The van der Waals surface area contributed by atoms with Crippen LogP contribution in [0.15, 0.2) is 60.8 Å². The molecular weight excluding hydrogens is 1430 g/mol. The number of aliphatic hydroxyl groups is 11. The number of carbonyl (C=O) groups is 1. The molecule has 17 unspecified atom stereocenters. The summed E-state index contributed by atoms with van der Waals surface area (Å²) in [6, 6.07) is -0.974. The van der Waals surface area contributed by atoms with Gasteiger partial charge in [-0.25, -0.2) is 0 Å². The van der Waals surface area contributed by atoms with E-state index in [1.165, 1.54) is 302 Å². The van der Waals surface area contributed by atoms with Gasteiger partial charge in [0.05, 0.1) is 38.6 Å². The number of aliphatic hydroxyl groups excluding tert-OH is 11. The van der Waals surface area contributed by atoms with Gasteiger partial charge in [0.25, 0.3) is 0 Å².